The summed E-state index contributed by atoms with van der Waals surface area (Å²) in [6.07, 6.45) is 0. The first-order valence-electron chi connectivity index (χ1n) is 9.87. The van der Waals surface area contributed by atoms with Gasteiger partial charge < -0.3 is 25.1 Å². The molecule has 0 unspecified atom stereocenters. The minimum atomic E-state index is -0.501. The van der Waals surface area contributed by atoms with Crippen molar-refractivity contribution in [3.8, 4) is 29.1 Å². The maximum absolute atomic E-state index is 9.85. The van der Waals surface area contributed by atoms with Crippen LogP contribution in [0.25, 0.3) is 0 Å². The summed E-state index contributed by atoms with van der Waals surface area (Å²) in [7, 11) is 1.57. The molecule has 0 aromatic heterocycles. The Kier molecular flexibility index (Phi) is 5.97. The van der Waals surface area contributed by atoms with Gasteiger partial charge in [-0.2, -0.15) is 5.26 Å². The number of ether oxygens (including phenoxy) is 3. The Labute approximate surface area is 194 Å². The number of aryl methyl sites for hydroxylation is 1. The Hall–Kier alpha value is -3.63. The number of halogens is 1. The Morgan fingerprint density at radius 3 is 2.53 bits per heavy atom. The van der Waals surface area contributed by atoms with Crippen molar-refractivity contribution in [2.24, 2.45) is 5.73 Å². The molecule has 4 rings (SSSR count). The van der Waals surface area contributed by atoms with E-state index < -0.39 is 5.92 Å². The minimum absolute atomic E-state index is 0.00108. The molecule has 7 heteroatoms. The van der Waals surface area contributed by atoms with Crippen molar-refractivity contribution >= 4 is 15.9 Å². The smallest absolute Gasteiger partial charge is 0.205 e. The Morgan fingerprint density at radius 2 is 1.84 bits per heavy atom. The molecule has 162 valence electrons. The molecular weight excluding hydrogens is 472 g/mol. The zero-order valence-electron chi connectivity index (χ0n) is 17.6. The second-order valence-electron chi connectivity index (χ2n) is 7.45. The molecule has 0 saturated heterocycles. The molecule has 3 N–H and O–H groups in total. The van der Waals surface area contributed by atoms with E-state index in [2.05, 4.69) is 22.0 Å². The number of fused-ring (bicyclic) bond motifs is 1. The highest BCUT2D eigenvalue weighted by atomic mass is 79.9. The summed E-state index contributed by atoms with van der Waals surface area (Å²) in [5, 5.41) is 19.6. The van der Waals surface area contributed by atoms with Gasteiger partial charge in [0.25, 0.3) is 0 Å². The standard InChI is InChI=1S/C25H21BrN2O4/c1-14-3-5-15(6-4-14)13-31-23-11-20(26)18(10-22(23)30-2)24-17-8-7-16(29)9-21(17)32-25(28)19(24)12-27/h3-11,24,29H,13,28H2,1-2H3/t24-/m1/s1. The summed E-state index contributed by atoms with van der Waals surface area (Å²) in [6.45, 7) is 2.42. The van der Waals surface area contributed by atoms with Crippen LogP contribution in [0.3, 0.4) is 0 Å². The minimum Gasteiger partial charge on any atom is -0.508 e. The van der Waals surface area contributed by atoms with Crippen LogP contribution in [0.15, 0.2) is 70.5 Å². The Bertz CT molecular complexity index is 1250. The van der Waals surface area contributed by atoms with Gasteiger partial charge in [-0.1, -0.05) is 51.8 Å². The molecule has 1 heterocycles. The summed E-state index contributed by atoms with van der Waals surface area (Å²) >= 11 is 3.63. The molecule has 3 aromatic rings. The molecule has 0 bridgehead atoms. The van der Waals surface area contributed by atoms with Crippen LogP contribution >= 0.6 is 15.9 Å². The lowest BCUT2D eigenvalue weighted by molar-refractivity contribution is 0.284. The van der Waals surface area contributed by atoms with E-state index in [1.54, 1.807) is 19.2 Å². The molecule has 0 amide bonds. The average molecular weight is 493 g/mol. The highest BCUT2D eigenvalue weighted by Crippen LogP contribution is 2.47. The number of hydrogen-bond donors (Lipinski definition) is 2. The number of rotatable bonds is 5. The Balaban J connectivity index is 1.74. The second kappa shape index (κ2) is 8.85. The third kappa shape index (κ3) is 4.10. The van der Waals surface area contributed by atoms with Gasteiger partial charge in [-0.25, -0.2) is 0 Å². The monoisotopic (exact) mass is 492 g/mol. The fourth-order valence-electron chi connectivity index (χ4n) is 3.65. The molecule has 32 heavy (non-hydrogen) atoms. The molecule has 1 aliphatic heterocycles. The normalized spacial score (nSPS) is 14.9. The Morgan fingerprint density at radius 1 is 1.09 bits per heavy atom. The first-order chi connectivity index (χ1) is 15.4. The van der Waals surface area contributed by atoms with Crippen LogP contribution in [0.5, 0.6) is 23.0 Å². The third-order valence-electron chi connectivity index (χ3n) is 5.31. The maximum Gasteiger partial charge on any atom is 0.205 e. The number of allylic oxidation sites excluding steroid dienone is 1. The first kappa shape index (κ1) is 21.6. The molecule has 0 spiro atoms. The summed E-state index contributed by atoms with van der Waals surface area (Å²) in [5.41, 5.74) is 10.0. The highest BCUT2D eigenvalue weighted by molar-refractivity contribution is 9.10. The number of benzene rings is 3. The van der Waals surface area contributed by atoms with Crippen LogP contribution in [0.2, 0.25) is 0 Å². The van der Waals surface area contributed by atoms with Crippen molar-refractivity contribution in [3.63, 3.8) is 0 Å². The highest BCUT2D eigenvalue weighted by Gasteiger charge is 2.33. The zero-order chi connectivity index (χ0) is 22.8. The molecule has 0 fully saturated rings. The van der Waals surface area contributed by atoms with Crippen LogP contribution in [-0.2, 0) is 6.61 Å². The van der Waals surface area contributed by atoms with Crippen molar-refractivity contribution in [3.05, 3.63) is 92.8 Å². The molecule has 0 radical (unpaired) electrons. The SMILES string of the molecule is COc1cc([C@@H]2C(C#N)=C(N)Oc3cc(O)ccc32)c(Br)cc1OCc1ccc(C)cc1. The van der Waals surface area contributed by atoms with Crippen molar-refractivity contribution in [2.75, 3.05) is 7.11 Å². The van der Waals surface area contributed by atoms with Gasteiger partial charge in [-0.3, -0.25) is 0 Å². The summed E-state index contributed by atoms with van der Waals surface area (Å²) in [5.74, 6) is 1.04. The lowest BCUT2D eigenvalue weighted by Crippen LogP contribution is -2.21. The fourth-order valence-corrected chi connectivity index (χ4v) is 4.20. The van der Waals surface area contributed by atoms with Crippen LogP contribution in [0, 0.1) is 18.3 Å². The number of nitrogens with two attached hydrogens (primary N) is 1. The van der Waals surface area contributed by atoms with Crippen LogP contribution in [0.1, 0.15) is 28.2 Å². The third-order valence-corrected chi connectivity index (χ3v) is 6.00. The summed E-state index contributed by atoms with van der Waals surface area (Å²) in [4.78, 5) is 0. The van der Waals surface area contributed by atoms with Gasteiger partial charge in [0.15, 0.2) is 11.5 Å². The van der Waals surface area contributed by atoms with Gasteiger partial charge in [-0.15, -0.1) is 0 Å². The molecule has 0 aliphatic carbocycles. The van der Waals surface area contributed by atoms with Gasteiger partial charge in [0.2, 0.25) is 5.88 Å². The van der Waals surface area contributed by atoms with Gasteiger partial charge in [0, 0.05) is 16.1 Å². The molecule has 6 nitrogen and oxygen atoms in total. The van der Waals surface area contributed by atoms with Gasteiger partial charge in [0.05, 0.1) is 13.0 Å². The number of methoxy groups -OCH3 is 1. The summed E-state index contributed by atoms with van der Waals surface area (Å²) < 4.78 is 17.9. The van der Waals surface area contributed by atoms with Crippen molar-refractivity contribution in [2.45, 2.75) is 19.4 Å². The lowest BCUT2D eigenvalue weighted by atomic mass is 9.83. The predicted octanol–water partition coefficient (Wildman–Crippen LogP) is 5.27. The van der Waals surface area contributed by atoms with Crippen LogP contribution < -0.4 is 19.9 Å². The molecule has 3 aromatic carbocycles. The average Bonchev–Trinajstić information content (AvgIpc) is 2.78. The van der Waals surface area contributed by atoms with E-state index in [0.717, 1.165) is 15.6 Å². The summed E-state index contributed by atoms with van der Waals surface area (Å²) in [6, 6.07) is 18.7. The zero-order valence-corrected chi connectivity index (χ0v) is 19.1. The van der Waals surface area contributed by atoms with Crippen LogP contribution in [0.4, 0.5) is 0 Å². The number of nitriles is 1. The number of phenolic OH excluding ortho intramolecular Hbond substituents is 1. The lowest BCUT2D eigenvalue weighted by Gasteiger charge is -2.27. The van der Waals surface area contributed by atoms with Gasteiger partial charge in [0.1, 0.15) is 29.7 Å². The molecular formula is C25H21BrN2O4. The second-order valence-corrected chi connectivity index (χ2v) is 8.30. The van der Waals surface area contributed by atoms with E-state index >= 15 is 0 Å². The maximum atomic E-state index is 9.85. The van der Waals surface area contributed by atoms with E-state index in [9.17, 15) is 10.4 Å². The number of hydrogen-bond acceptors (Lipinski definition) is 6. The predicted molar refractivity (Wildman–Crippen MR) is 124 cm³/mol. The van der Waals surface area contributed by atoms with Gasteiger partial charge in [-0.05, 0) is 36.2 Å². The van der Waals surface area contributed by atoms with E-state index in [4.69, 9.17) is 19.9 Å². The molecule has 1 atom stereocenters. The number of aromatic hydroxyl groups is 1. The topological polar surface area (TPSA) is 97.7 Å². The molecule has 0 saturated carbocycles. The van der Waals surface area contributed by atoms with Crippen molar-refractivity contribution in [1.29, 1.82) is 5.26 Å². The van der Waals surface area contributed by atoms with Crippen molar-refractivity contribution < 1.29 is 19.3 Å². The van der Waals surface area contributed by atoms with Crippen LogP contribution in [-0.4, -0.2) is 12.2 Å². The molecule has 1 aliphatic rings. The fraction of sp³-hybridized carbons (Fsp3) is 0.160. The van der Waals surface area contributed by atoms with Gasteiger partial charge >= 0.3 is 0 Å². The van der Waals surface area contributed by atoms with E-state index in [0.29, 0.717) is 29.4 Å². The van der Waals surface area contributed by atoms with Crippen molar-refractivity contribution in [1.82, 2.24) is 0 Å². The largest absolute Gasteiger partial charge is 0.508 e. The quantitative estimate of drug-likeness (QED) is 0.503. The van der Waals surface area contributed by atoms with E-state index in [1.165, 1.54) is 11.6 Å². The number of phenols is 1. The first-order valence-corrected chi connectivity index (χ1v) is 10.7. The van der Waals surface area contributed by atoms with E-state index in [1.807, 2.05) is 43.3 Å². The number of nitrogens with zero attached hydrogens (tertiary/aromatic N) is 1. The van der Waals surface area contributed by atoms with E-state index in [-0.39, 0.29) is 17.2 Å².